The number of aryl methyl sites for hydroxylation is 1. The fourth-order valence-electron chi connectivity index (χ4n) is 3.34. The first-order valence-electron chi connectivity index (χ1n) is 8.40. The van der Waals surface area contributed by atoms with Gasteiger partial charge in [0.05, 0.1) is 6.42 Å². The lowest BCUT2D eigenvalue weighted by atomic mass is 9.80. The summed E-state index contributed by atoms with van der Waals surface area (Å²) in [5, 5.41) is 0. The minimum atomic E-state index is -0.162. The molecule has 2 aliphatic rings. The molecule has 0 amide bonds. The lowest BCUT2D eigenvalue weighted by Gasteiger charge is -2.29. The molecule has 0 radical (unpaired) electrons. The van der Waals surface area contributed by atoms with Crippen molar-refractivity contribution in [2.24, 2.45) is 5.41 Å². The largest absolute Gasteiger partial charge is 0.368 e. The lowest BCUT2D eigenvalue weighted by molar-refractivity contribution is -0.551. The summed E-state index contributed by atoms with van der Waals surface area (Å²) in [5.74, 6) is 0.428. The summed E-state index contributed by atoms with van der Waals surface area (Å²) in [5.41, 5.74) is 9.37. The highest BCUT2D eigenvalue weighted by Gasteiger charge is 2.31. The summed E-state index contributed by atoms with van der Waals surface area (Å²) in [6, 6.07) is 1.47. The molecule has 3 rings (SSSR count). The first-order valence-corrected chi connectivity index (χ1v) is 8.40. The van der Waals surface area contributed by atoms with Gasteiger partial charge in [0.1, 0.15) is 13.2 Å². The second-order valence-electron chi connectivity index (χ2n) is 7.16. The molecular weight excluding hydrogens is 306 g/mol. The van der Waals surface area contributed by atoms with Crippen LogP contribution in [0, 0.1) is 12.3 Å². The highest BCUT2D eigenvalue weighted by atomic mass is 16.5. The van der Waals surface area contributed by atoms with Crippen LogP contribution in [0.1, 0.15) is 32.4 Å². The van der Waals surface area contributed by atoms with Gasteiger partial charge in [0.25, 0.3) is 5.56 Å². The molecule has 1 aliphatic carbocycles. The smallest absolute Gasteiger partial charge is 0.252 e. The summed E-state index contributed by atoms with van der Waals surface area (Å²) >= 11 is 0. The normalized spacial score (nSPS) is 20.5. The van der Waals surface area contributed by atoms with Crippen molar-refractivity contribution in [1.82, 2.24) is 15.4 Å². The van der Waals surface area contributed by atoms with E-state index in [1.165, 1.54) is 11.8 Å². The number of morpholine rings is 1. The molecule has 1 aromatic rings. The number of rotatable bonds is 3. The fraction of sp³-hybridized carbons (Fsp3) is 0.588. The molecule has 7 heteroatoms. The molecule has 2 heterocycles. The molecule has 1 fully saturated rings. The number of allylic oxidation sites excluding steroid dienone is 2. The Labute approximate surface area is 141 Å². The van der Waals surface area contributed by atoms with Crippen LogP contribution in [0.2, 0.25) is 0 Å². The Balaban J connectivity index is 1.74. The number of hydrogen-bond donors (Lipinski definition) is 3. The van der Waals surface area contributed by atoms with Crippen LogP contribution >= 0.6 is 0 Å². The van der Waals surface area contributed by atoms with E-state index >= 15 is 0 Å². The van der Waals surface area contributed by atoms with Crippen LogP contribution in [0.4, 0.5) is 5.95 Å². The number of ether oxygens (including phenoxy) is 1. The number of nitrogens with zero attached hydrogens (tertiary/aromatic N) is 2. The number of aromatic amines is 1. The van der Waals surface area contributed by atoms with Gasteiger partial charge >= 0.3 is 0 Å². The average molecular weight is 332 g/mol. The van der Waals surface area contributed by atoms with Crippen molar-refractivity contribution < 1.29 is 9.31 Å². The Bertz CT molecular complexity index is 725. The maximum Gasteiger partial charge on any atom is 0.252 e. The number of hydrogen-bond acceptors (Lipinski definition) is 5. The van der Waals surface area contributed by atoms with Gasteiger partial charge in [0.15, 0.2) is 18.8 Å². The van der Waals surface area contributed by atoms with E-state index in [1.807, 2.05) is 0 Å². The van der Waals surface area contributed by atoms with Gasteiger partial charge < -0.3 is 10.2 Å². The first kappa shape index (κ1) is 16.7. The third-order valence-electron chi connectivity index (χ3n) is 4.29. The van der Waals surface area contributed by atoms with Gasteiger partial charge in [-0.1, -0.05) is 19.9 Å². The lowest BCUT2D eigenvalue weighted by Crippen LogP contribution is -2.39. The molecule has 0 unspecified atom stereocenters. The van der Waals surface area contributed by atoms with Crippen molar-refractivity contribution in [3.05, 3.63) is 33.9 Å². The predicted molar refractivity (Wildman–Crippen MR) is 93.3 cm³/mol. The Morgan fingerprint density at radius 3 is 2.75 bits per heavy atom. The number of hydrazine groups is 1. The van der Waals surface area contributed by atoms with Gasteiger partial charge in [-0.05, 0) is 12.3 Å². The number of nitrogens with one attached hydrogen (secondary N) is 3. The summed E-state index contributed by atoms with van der Waals surface area (Å²) in [7, 11) is 0. The SMILES string of the molecule is Cc1cc(=O)[nH]c(NNC2=CC(C)(C)CC(=[N+]3CCOCC3)C2)n1. The first-order chi connectivity index (χ1) is 11.4. The van der Waals surface area contributed by atoms with Crippen molar-refractivity contribution in [1.29, 1.82) is 0 Å². The molecule has 1 saturated heterocycles. The summed E-state index contributed by atoms with van der Waals surface area (Å²) < 4.78 is 7.89. The van der Waals surface area contributed by atoms with Gasteiger partial charge in [0, 0.05) is 23.9 Å². The van der Waals surface area contributed by atoms with E-state index in [2.05, 4.69) is 45.3 Å². The maximum absolute atomic E-state index is 11.5. The number of H-pyrrole nitrogens is 1. The van der Waals surface area contributed by atoms with E-state index in [0.717, 1.165) is 44.8 Å². The molecule has 7 nitrogen and oxygen atoms in total. The van der Waals surface area contributed by atoms with Gasteiger partial charge in [0.2, 0.25) is 5.95 Å². The zero-order valence-corrected chi connectivity index (χ0v) is 14.6. The van der Waals surface area contributed by atoms with Crippen molar-refractivity contribution in [3.8, 4) is 0 Å². The summed E-state index contributed by atoms with van der Waals surface area (Å²) in [6.07, 6.45) is 4.17. The second-order valence-corrected chi connectivity index (χ2v) is 7.16. The molecule has 1 aromatic heterocycles. The fourth-order valence-corrected chi connectivity index (χ4v) is 3.34. The molecule has 0 saturated carbocycles. The van der Waals surface area contributed by atoms with Crippen LogP contribution in [-0.4, -0.2) is 46.6 Å². The van der Waals surface area contributed by atoms with E-state index in [0.29, 0.717) is 11.6 Å². The molecule has 0 bridgehead atoms. The predicted octanol–water partition coefficient (Wildman–Crippen LogP) is 1.18. The number of aromatic nitrogens is 2. The molecule has 130 valence electrons. The van der Waals surface area contributed by atoms with Crippen molar-refractivity contribution in [3.63, 3.8) is 0 Å². The van der Waals surface area contributed by atoms with E-state index in [-0.39, 0.29) is 11.0 Å². The van der Waals surface area contributed by atoms with Crippen LogP contribution < -0.4 is 16.4 Å². The minimum absolute atomic E-state index is 0.0866. The van der Waals surface area contributed by atoms with E-state index in [4.69, 9.17) is 4.74 Å². The van der Waals surface area contributed by atoms with Crippen molar-refractivity contribution in [2.45, 2.75) is 33.6 Å². The van der Waals surface area contributed by atoms with Crippen LogP contribution in [0.25, 0.3) is 0 Å². The standard InChI is InChI=1S/C17H25N5O2/c1-12-8-15(23)19-16(18-12)21-20-13-9-14(11-17(2,3)10-13)22-4-6-24-7-5-22/h8,10,20H,4-7,9,11H2,1-3H3,(H-,18,19,21,23)/p+1. The van der Waals surface area contributed by atoms with Gasteiger partial charge in [-0.15, -0.1) is 0 Å². The Kier molecular flexibility index (Phi) is 4.71. The zero-order chi connectivity index (χ0) is 17.2. The van der Waals surface area contributed by atoms with Crippen molar-refractivity contribution in [2.75, 3.05) is 31.7 Å². The van der Waals surface area contributed by atoms with Gasteiger partial charge in [-0.25, -0.2) is 9.56 Å². The molecule has 3 N–H and O–H groups in total. The van der Waals surface area contributed by atoms with Crippen molar-refractivity contribution >= 4 is 11.7 Å². The second kappa shape index (κ2) is 6.76. The van der Waals surface area contributed by atoms with Crippen LogP contribution in [-0.2, 0) is 4.74 Å². The monoisotopic (exact) mass is 332 g/mol. The number of anilines is 1. The molecular formula is C17H26N5O2+. The van der Waals surface area contributed by atoms with E-state index in [1.54, 1.807) is 6.92 Å². The molecule has 1 aliphatic heterocycles. The Morgan fingerprint density at radius 2 is 2.04 bits per heavy atom. The minimum Gasteiger partial charge on any atom is -0.368 e. The summed E-state index contributed by atoms with van der Waals surface area (Å²) in [6.45, 7) is 9.78. The third kappa shape index (κ3) is 4.23. The summed E-state index contributed by atoms with van der Waals surface area (Å²) in [4.78, 5) is 18.5. The van der Waals surface area contributed by atoms with Gasteiger partial charge in [-0.3, -0.25) is 15.2 Å². The van der Waals surface area contributed by atoms with E-state index in [9.17, 15) is 4.79 Å². The van der Waals surface area contributed by atoms with Gasteiger partial charge in [-0.2, -0.15) is 0 Å². The quantitative estimate of drug-likeness (QED) is 0.572. The van der Waals surface area contributed by atoms with Crippen LogP contribution in [0.5, 0.6) is 0 Å². The Morgan fingerprint density at radius 1 is 1.29 bits per heavy atom. The molecule has 0 aromatic carbocycles. The highest BCUT2D eigenvalue weighted by molar-refractivity contribution is 5.84. The molecule has 0 spiro atoms. The highest BCUT2D eigenvalue weighted by Crippen LogP contribution is 2.31. The van der Waals surface area contributed by atoms with Crippen LogP contribution in [0.15, 0.2) is 22.6 Å². The average Bonchev–Trinajstić information content (AvgIpc) is 2.51. The van der Waals surface area contributed by atoms with Crippen LogP contribution in [0.3, 0.4) is 0 Å². The topological polar surface area (TPSA) is 82.0 Å². The van der Waals surface area contributed by atoms with E-state index < -0.39 is 0 Å². The molecule has 24 heavy (non-hydrogen) atoms. The maximum atomic E-state index is 11.5. The Hall–Kier alpha value is -2.15. The third-order valence-corrected chi connectivity index (χ3v) is 4.29. The zero-order valence-electron chi connectivity index (χ0n) is 14.6. The molecule has 0 atom stereocenters.